The van der Waals surface area contributed by atoms with Crippen LogP contribution in [-0.2, 0) is 20.7 Å². The fourth-order valence-electron chi connectivity index (χ4n) is 4.77. The first-order chi connectivity index (χ1) is 12.6. The van der Waals surface area contributed by atoms with Gasteiger partial charge in [-0.05, 0) is 24.1 Å². The summed E-state index contributed by atoms with van der Waals surface area (Å²) >= 11 is 0. The van der Waals surface area contributed by atoms with Gasteiger partial charge in [0.1, 0.15) is 5.75 Å². The highest BCUT2D eigenvalue weighted by atomic mass is 35.5. The van der Waals surface area contributed by atoms with Gasteiger partial charge in [0.05, 0.1) is 32.3 Å². The maximum atomic E-state index is 13.5. The minimum Gasteiger partial charge on any atom is -0.497 e. The number of halogens is 1. The number of hydrogen-bond donors (Lipinski definition) is 1. The first-order valence-electron chi connectivity index (χ1n) is 9.31. The summed E-state index contributed by atoms with van der Waals surface area (Å²) in [5.41, 5.74) is 0.771. The Morgan fingerprint density at radius 3 is 2.85 bits per heavy atom. The number of benzene rings is 1. The lowest BCUT2D eigenvalue weighted by molar-refractivity contribution is -0.145. The van der Waals surface area contributed by atoms with Crippen molar-refractivity contribution in [3.63, 3.8) is 0 Å². The molecule has 3 aliphatic heterocycles. The molecule has 3 fully saturated rings. The highest BCUT2D eigenvalue weighted by Crippen LogP contribution is 2.43. The van der Waals surface area contributed by atoms with Gasteiger partial charge in [-0.3, -0.25) is 4.79 Å². The monoisotopic (exact) mass is 396 g/mol. The van der Waals surface area contributed by atoms with Gasteiger partial charge in [0.25, 0.3) is 0 Å². The molecule has 2 atom stereocenters. The van der Waals surface area contributed by atoms with Gasteiger partial charge in [-0.2, -0.15) is 0 Å². The van der Waals surface area contributed by atoms with E-state index in [9.17, 15) is 4.79 Å². The predicted molar refractivity (Wildman–Crippen MR) is 104 cm³/mol. The number of amides is 1. The molecule has 3 saturated heterocycles. The highest BCUT2D eigenvalue weighted by Gasteiger charge is 2.55. The van der Waals surface area contributed by atoms with Crippen LogP contribution in [0.15, 0.2) is 24.3 Å². The topological polar surface area (TPSA) is 60.0 Å². The van der Waals surface area contributed by atoms with Gasteiger partial charge >= 0.3 is 0 Å². The van der Waals surface area contributed by atoms with Gasteiger partial charge in [-0.25, -0.2) is 0 Å². The van der Waals surface area contributed by atoms with Crippen molar-refractivity contribution in [3.8, 4) is 5.75 Å². The standard InChI is InChI=1S/C20H28N2O4.ClH/c1-24-13-20-12-22(8-16(20)9-26-14-20)18(23)19(10-21-11-19)7-15-4-3-5-17(6-15)25-2;/h3-6,16,21H,7-14H2,1-2H3;1H/t16-,20-;/m0./s1. The molecule has 3 aliphatic rings. The molecule has 0 saturated carbocycles. The fourth-order valence-corrected chi connectivity index (χ4v) is 4.77. The van der Waals surface area contributed by atoms with Crippen molar-refractivity contribution in [3.05, 3.63) is 29.8 Å². The molecule has 0 bridgehead atoms. The van der Waals surface area contributed by atoms with E-state index >= 15 is 0 Å². The number of methoxy groups -OCH3 is 2. The van der Waals surface area contributed by atoms with Crippen LogP contribution in [-0.4, -0.2) is 71.0 Å². The van der Waals surface area contributed by atoms with E-state index in [2.05, 4.69) is 16.3 Å². The maximum absolute atomic E-state index is 13.5. The van der Waals surface area contributed by atoms with Crippen LogP contribution >= 0.6 is 12.4 Å². The van der Waals surface area contributed by atoms with Crippen LogP contribution in [0.5, 0.6) is 5.75 Å². The fraction of sp³-hybridized carbons (Fsp3) is 0.650. The van der Waals surface area contributed by atoms with E-state index in [0.717, 1.165) is 50.5 Å². The average Bonchev–Trinajstić information content (AvgIpc) is 3.15. The lowest BCUT2D eigenvalue weighted by Crippen LogP contribution is -2.63. The molecule has 7 heteroatoms. The Bertz CT molecular complexity index is 682. The third-order valence-electron chi connectivity index (χ3n) is 6.30. The number of nitrogens with zero attached hydrogens (tertiary/aromatic N) is 1. The molecule has 3 heterocycles. The van der Waals surface area contributed by atoms with Crippen LogP contribution in [0.1, 0.15) is 5.56 Å². The molecule has 0 aromatic heterocycles. The summed E-state index contributed by atoms with van der Waals surface area (Å²) in [6.45, 7) is 5.06. The molecule has 0 radical (unpaired) electrons. The second-order valence-corrected chi connectivity index (χ2v) is 8.11. The van der Waals surface area contributed by atoms with Gasteiger partial charge in [0.2, 0.25) is 5.91 Å². The molecule has 1 N–H and O–H groups in total. The number of nitrogens with one attached hydrogen (secondary N) is 1. The normalized spacial score (nSPS) is 28.2. The summed E-state index contributed by atoms with van der Waals surface area (Å²) in [6.07, 6.45) is 0.741. The van der Waals surface area contributed by atoms with Crippen molar-refractivity contribution in [2.45, 2.75) is 6.42 Å². The largest absolute Gasteiger partial charge is 0.497 e. The lowest BCUT2D eigenvalue weighted by atomic mass is 9.75. The summed E-state index contributed by atoms with van der Waals surface area (Å²) in [4.78, 5) is 15.5. The summed E-state index contributed by atoms with van der Waals surface area (Å²) in [5.74, 6) is 1.49. The van der Waals surface area contributed by atoms with Crippen LogP contribution in [0.3, 0.4) is 0 Å². The van der Waals surface area contributed by atoms with Crippen molar-refractivity contribution in [1.29, 1.82) is 0 Å². The van der Waals surface area contributed by atoms with Crippen molar-refractivity contribution >= 4 is 18.3 Å². The van der Waals surface area contributed by atoms with E-state index in [-0.39, 0.29) is 29.1 Å². The Kier molecular flexibility index (Phi) is 6.01. The van der Waals surface area contributed by atoms with Gasteiger partial charge < -0.3 is 24.4 Å². The quantitative estimate of drug-likeness (QED) is 0.787. The Morgan fingerprint density at radius 1 is 1.37 bits per heavy atom. The van der Waals surface area contributed by atoms with E-state index in [0.29, 0.717) is 19.1 Å². The molecule has 0 spiro atoms. The Labute approximate surface area is 166 Å². The molecule has 0 unspecified atom stereocenters. The van der Waals surface area contributed by atoms with Crippen LogP contribution in [0, 0.1) is 16.7 Å². The van der Waals surface area contributed by atoms with Crippen LogP contribution < -0.4 is 10.1 Å². The molecular weight excluding hydrogens is 368 g/mol. The predicted octanol–water partition coefficient (Wildman–Crippen LogP) is 1.37. The lowest BCUT2D eigenvalue weighted by Gasteiger charge is -2.44. The van der Waals surface area contributed by atoms with Crippen LogP contribution in [0.4, 0.5) is 0 Å². The molecule has 0 aliphatic carbocycles. The van der Waals surface area contributed by atoms with Crippen molar-refractivity contribution in [2.24, 2.45) is 16.7 Å². The zero-order valence-electron chi connectivity index (χ0n) is 16.0. The van der Waals surface area contributed by atoms with Gasteiger partial charge in [-0.15, -0.1) is 12.4 Å². The number of ether oxygens (including phenoxy) is 3. The number of likely N-dealkylation sites (tertiary alicyclic amines) is 1. The number of carbonyl (C=O) groups excluding carboxylic acids is 1. The minimum atomic E-state index is -0.347. The first kappa shape index (κ1) is 20.4. The summed E-state index contributed by atoms with van der Waals surface area (Å²) < 4.78 is 16.5. The number of carbonyl (C=O) groups is 1. The molecule has 1 amide bonds. The summed E-state index contributed by atoms with van der Waals surface area (Å²) in [6, 6.07) is 8.04. The zero-order chi connectivity index (χ0) is 18.2. The van der Waals surface area contributed by atoms with E-state index in [1.165, 1.54) is 0 Å². The molecule has 6 nitrogen and oxygen atoms in total. The third-order valence-corrected chi connectivity index (χ3v) is 6.30. The highest BCUT2D eigenvalue weighted by molar-refractivity contribution is 5.85. The molecule has 1 aromatic rings. The second kappa shape index (κ2) is 7.95. The molecular formula is C20H29ClN2O4. The van der Waals surface area contributed by atoms with Gasteiger partial charge in [0, 0.05) is 44.6 Å². The smallest absolute Gasteiger partial charge is 0.231 e. The second-order valence-electron chi connectivity index (χ2n) is 8.11. The third kappa shape index (κ3) is 3.56. The van der Waals surface area contributed by atoms with Gasteiger partial charge in [-0.1, -0.05) is 12.1 Å². The van der Waals surface area contributed by atoms with E-state index < -0.39 is 0 Å². The zero-order valence-corrected chi connectivity index (χ0v) is 16.8. The van der Waals surface area contributed by atoms with E-state index in [1.54, 1.807) is 14.2 Å². The maximum Gasteiger partial charge on any atom is 0.231 e. The number of rotatable bonds is 6. The SMILES string of the molecule is COC[C@@]12COC[C@@H]1CN(C(=O)C1(Cc3cccc(OC)c3)CNC1)C2.Cl. The molecule has 1 aromatic carbocycles. The van der Waals surface area contributed by atoms with Crippen LogP contribution in [0.25, 0.3) is 0 Å². The molecule has 4 rings (SSSR count). The Morgan fingerprint density at radius 2 is 2.19 bits per heavy atom. The number of hydrogen-bond acceptors (Lipinski definition) is 5. The first-order valence-corrected chi connectivity index (χ1v) is 9.31. The van der Waals surface area contributed by atoms with E-state index in [4.69, 9.17) is 14.2 Å². The average molecular weight is 397 g/mol. The van der Waals surface area contributed by atoms with E-state index in [1.807, 2.05) is 18.2 Å². The van der Waals surface area contributed by atoms with Crippen molar-refractivity contribution in [2.75, 3.05) is 60.2 Å². The minimum absolute atomic E-state index is 0. The van der Waals surface area contributed by atoms with Crippen LogP contribution in [0.2, 0.25) is 0 Å². The number of fused-ring (bicyclic) bond motifs is 1. The summed E-state index contributed by atoms with van der Waals surface area (Å²) in [5, 5.41) is 3.31. The van der Waals surface area contributed by atoms with Gasteiger partial charge in [0.15, 0.2) is 0 Å². The summed E-state index contributed by atoms with van der Waals surface area (Å²) in [7, 11) is 3.40. The van der Waals surface area contributed by atoms with Crippen molar-refractivity contribution < 1.29 is 19.0 Å². The Balaban J connectivity index is 0.00000210. The molecule has 27 heavy (non-hydrogen) atoms. The molecule has 150 valence electrons. The Hall–Kier alpha value is -1.34. The van der Waals surface area contributed by atoms with Crippen molar-refractivity contribution in [1.82, 2.24) is 10.2 Å².